The summed E-state index contributed by atoms with van der Waals surface area (Å²) in [5.41, 5.74) is 0.139. The van der Waals surface area contributed by atoms with E-state index in [4.69, 9.17) is 5.26 Å². The van der Waals surface area contributed by atoms with Crippen molar-refractivity contribution in [3.05, 3.63) is 0 Å². The number of carbonyl (C=O) groups is 1. The first kappa shape index (κ1) is 12.0. The van der Waals surface area contributed by atoms with E-state index in [1.54, 1.807) is 0 Å². The average molecular weight is 182 g/mol. The number of nitrogens with one attached hydrogen (secondary N) is 1. The Morgan fingerprint density at radius 1 is 1.54 bits per heavy atom. The molecule has 0 aromatic carbocycles. The average Bonchev–Trinajstić information content (AvgIpc) is 2.02. The molecule has 1 amide bonds. The molecule has 0 aliphatic heterocycles. The van der Waals surface area contributed by atoms with Gasteiger partial charge in [-0.15, -0.1) is 0 Å². The summed E-state index contributed by atoms with van der Waals surface area (Å²) in [6.45, 7) is 7.01. The van der Waals surface area contributed by atoms with Crippen LogP contribution in [0.2, 0.25) is 0 Å². The number of amides is 1. The van der Waals surface area contributed by atoms with Crippen molar-refractivity contribution in [3.8, 4) is 6.07 Å². The second kappa shape index (κ2) is 5.58. The summed E-state index contributed by atoms with van der Waals surface area (Å²) < 4.78 is 0. The van der Waals surface area contributed by atoms with E-state index < -0.39 is 0 Å². The van der Waals surface area contributed by atoms with Crippen molar-refractivity contribution in [2.45, 2.75) is 40.0 Å². The highest BCUT2D eigenvalue weighted by molar-refractivity contribution is 5.77. The lowest BCUT2D eigenvalue weighted by atomic mass is 9.88. The van der Waals surface area contributed by atoms with E-state index in [-0.39, 0.29) is 17.7 Å². The van der Waals surface area contributed by atoms with Gasteiger partial charge in [0.2, 0.25) is 5.91 Å². The van der Waals surface area contributed by atoms with Crippen molar-refractivity contribution in [2.24, 2.45) is 5.41 Å². The maximum atomic E-state index is 11.0. The van der Waals surface area contributed by atoms with Gasteiger partial charge in [0.1, 0.15) is 6.42 Å². The molecule has 0 aromatic rings. The van der Waals surface area contributed by atoms with Crippen molar-refractivity contribution >= 4 is 5.91 Å². The molecule has 0 aliphatic rings. The van der Waals surface area contributed by atoms with Gasteiger partial charge >= 0.3 is 0 Å². The van der Waals surface area contributed by atoms with Gasteiger partial charge in [0, 0.05) is 6.54 Å². The summed E-state index contributed by atoms with van der Waals surface area (Å²) in [5, 5.41) is 11.0. The molecule has 0 saturated carbocycles. The Labute approximate surface area is 80.1 Å². The van der Waals surface area contributed by atoms with E-state index in [1.807, 2.05) is 6.07 Å². The topological polar surface area (TPSA) is 52.9 Å². The Morgan fingerprint density at radius 3 is 2.62 bits per heavy atom. The molecule has 0 rings (SSSR count). The Kier molecular flexibility index (Phi) is 5.13. The highest BCUT2D eigenvalue weighted by Crippen LogP contribution is 2.20. The summed E-state index contributed by atoms with van der Waals surface area (Å²) in [7, 11) is 0. The zero-order valence-electron chi connectivity index (χ0n) is 8.68. The fourth-order valence-electron chi connectivity index (χ4n) is 1.24. The lowest BCUT2D eigenvalue weighted by Gasteiger charge is -2.23. The maximum absolute atomic E-state index is 11.0. The Morgan fingerprint density at radius 2 is 2.15 bits per heavy atom. The van der Waals surface area contributed by atoms with Crippen LogP contribution in [-0.2, 0) is 4.79 Å². The van der Waals surface area contributed by atoms with Crippen molar-refractivity contribution < 1.29 is 4.79 Å². The van der Waals surface area contributed by atoms with E-state index in [0.29, 0.717) is 6.54 Å². The fourth-order valence-corrected chi connectivity index (χ4v) is 1.24. The summed E-state index contributed by atoms with van der Waals surface area (Å²) in [6, 6.07) is 1.82. The van der Waals surface area contributed by atoms with Crippen LogP contribution in [0.4, 0.5) is 0 Å². The molecule has 0 aromatic heterocycles. The van der Waals surface area contributed by atoms with Gasteiger partial charge in [0.15, 0.2) is 0 Å². The van der Waals surface area contributed by atoms with E-state index in [9.17, 15) is 4.79 Å². The molecule has 3 nitrogen and oxygen atoms in total. The first-order valence-electron chi connectivity index (χ1n) is 4.65. The molecular formula is C10H18N2O. The third-order valence-corrected chi connectivity index (χ3v) is 1.93. The van der Waals surface area contributed by atoms with E-state index in [0.717, 1.165) is 12.8 Å². The number of hydrogen-bond acceptors (Lipinski definition) is 2. The number of rotatable bonds is 5. The number of nitrogens with zero attached hydrogens (tertiary/aromatic N) is 1. The predicted molar refractivity (Wildman–Crippen MR) is 51.9 cm³/mol. The van der Waals surface area contributed by atoms with Crippen molar-refractivity contribution in [1.82, 2.24) is 5.32 Å². The third-order valence-electron chi connectivity index (χ3n) is 1.93. The molecule has 0 bridgehead atoms. The van der Waals surface area contributed by atoms with Crippen LogP contribution < -0.4 is 5.32 Å². The highest BCUT2D eigenvalue weighted by Gasteiger charge is 2.17. The van der Waals surface area contributed by atoms with Gasteiger partial charge in [-0.3, -0.25) is 4.79 Å². The summed E-state index contributed by atoms with van der Waals surface area (Å²) >= 11 is 0. The number of carbonyl (C=O) groups excluding carboxylic acids is 1. The van der Waals surface area contributed by atoms with Gasteiger partial charge in [0.05, 0.1) is 6.07 Å². The fraction of sp³-hybridized carbons (Fsp3) is 0.800. The van der Waals surface area contributed by atoms with Crippen LogP contribution in [0.25, 0.3) is 0 Å². The molecule has 0 saturated heterocycles. The minimum Gasteiger partial charge on any atom is -0.355 e. The standard InChI is InChI=1S/C10H18N2O/c1-4-6-10(2,3)8-12-9(13)5-7-11/h4-6,8H2,1-3H3,(H,12,13). The molecule has 0 fully saturated rings. The lowest BCUT2D eigenvalue weighted by Crippen LogP contribution is -2.33. The molecule has 3 heteroatoms. The van der Waals surface area contributed by atoms with Gasteiger partial charge < -0.3 is 5.32 Å². The van der Waals surface area contributed by atoms with Gasteiger partial charge in [0.25, 0.3) is 0 Å². The molecule has 74 valence electrons. The maximum Gasteiger partial charge on any atom is 0.234 e. The number of nitriles is 1. The largest absolute Gasteiger partial charge is 0.355 e. The van der Waals surface area contributed by atoms with E-state index >= 15 is 0 Å². The monoisotopic (exact) mass is 182 g/mol. The summed E-state index contributed by atoms with van der Waals surface area (Å²) in [6.07, 6.45) is 2.16. The number of hydrogen-bond donors (Lipinski definition) is 1. The first-order valence-corrected chi connectivity index (χ1v) is 4.65. The van der Waals surface area contributed by atoms with Gasteiger partial charge in [-0.1, -0.05) is 27.2 Å². The van der Waals surface area contributed by atoms with Gasteiger partial charge in [-0.25, -0.2) is 0 Å². The lowest BCUT2D eigenvalue weighted by molar-refractivity contribution is -0.120. The third kappa shape index (κ3) is 6.15. The molecule has 13 heavy (non-hydrogen) atoms. The van der Waals surface area contributed by atoms with E-state index in [1.165, 1.54) is 0 Å². The van der Waals surface area contributed by atoms with Gasteiger partial charge in [-0.2, -0.15) is 5.26 Å². The van der Waals surface area contributed by atoms with E-state index in [2.05, 4.69) is 26.1 Å². The van der Waals surface area contributed by atoms with Gasteiger partial charge in [-0.05, 0) is 11.8 Å². The Bertz CT molecular complexity index is 203. The molecule has 0 radical (unpaired) electrons. The second-order valence-electron chi connectivity index (χ2n) is 4.03. The Hall–Kier alpha value is -1.04. The molecule has 0 aliphatic carbocycles. The first-order chi connectivity index (χ1) is 6.02. The SMILES string of the molecule is CCCC(C)(C)CNC(=O)CC#N. The van der Waals surface area contributed by atoms with Crippen LogP contribution in [0.15, 0.2) is 0 Å². The van der Waals surface area contributed by atoms with Crippen molar-refractivity contribution in [1.29, 1.82) is 5.26 Å². The normalized spacial score (nSPS) is 10.6. The summed E-state index contributed by atoms with van der Waals surface area (Å²) in [5.74, 6) is -0.174. The van der Waals surface area contributed by atoms with Crippen LogP contribution in [-0.4, -0.2) is 12.5 Å². The van der Waals surface area contributed by atoms with Crippen molar-refractivity contribution in [2.75, 3.05) is 6.54 Å². The van der Waals surface area contributed by atoms with Crippen LogP contribution in [0.3, 0.4) is 0 Å². The molecular weight excluding hydrogens is 164 g/mol. The Balaban J connectivity index is 3.75. The quantitative estimate of drug-likeness (QED) is 0.705. The molecule has 0 unspecified atom stereocenters. The minimum atomic E-state index is -0.174. The minimum absolute atomic E-state index is 0.0395. The molecule has 0 heterocycles. The van der Waals surface area contributed by atoms with Crippen LogP contribution in [0.1, 0.15) is 40.0 Å². The zero-order chi connectivity index (χ0) is 10.3. The molecule has 0 spiro atoms. The zero-order valence-corrected chi connectivity index (χ0v) is 8.68. The molecule has 1 N–H and O–H groups in total. The molecule has 0 atom stereocenters. The van der Waals surface area contributed by atoms with Crippen molar-refractivity contribution in [3.63, 3.8) is 0 Å². The van der Waals surface area contributed by atoms with Crippen LogP contribution >= 0.6 is 0 Å². The van der Waals surface area contributed by atoms with Crippen LogP contribution in [0, 0.1) is 16.7 Å². The smallest absolute Gasteiger partial charge is 0.234 e. The second-order valence-corrected chi connectivity index (χ2v) is 4.03. The van der Waals surface area contributed by atoms with Crippen LogP contribution in [0.5, 0.6) is 0 Å². The summed E-state index contributed by atoms with van der Waals surface area (Å²) in [4.78, 5) is 11.0. The predicted octanol–water partition coefficient (Wildman–Crippen LogP) is 1.84. The highest BCUT2D eigenvalue weighted by atomic mass is 16.1.